The van der Waals surface area contributed by atoms with Crippen LogP contribution < -0.4 is 9.64 Å². The molecule has 6 nitrogen and oxygen atoms in total. The van der Waals surface area contributed by atoms with Gasteiger partial charge in [-0.3, -0.25) is 9.69 Å². The molecule has 0 aliphatic heterocycles. The van der Waals surface area contributed by atoms with Gasteiger partial charge in [0.15, 0.2) is 15.0 Å². The van der Waals surface area contributed by atoms with E-state index in [0.29, 0.717) is 11.7 Å². The van der Waals surface area contributed by atoms with Crippen LogP contribution in [0.15, 0.2) is 77.7 Å². The molecule has 0 saturated carbocycles. The second-order valence-electron chi connectivity index (χ2n) is 7.55. The van der Waals surface area contributed by atoms with Gasteiger partial charge in [-0.25, -0.2) is 17.8 Å². The molecule has 9 heteroatoms. The smallest absolute Gasteiger partial charge is 0.230 e. The van der Waals surface area contributed by atoms with Crippen LogP contribution in [-0.4, -0.2) is 31.7 Å². The van der Waals surface area contributed by atoms with E-state index in [1.54, 1.807) is 0 Å². The molecule has 1 heterocycles. The van der Waals surface area contributed by atoms with Crippen molar-refractivity contribution in [1.82, 2.24) is 4.98 Å². The number of aromatic nitrogens is 1. The van der Waals surface area contributed by atoms with Crippen molar-refractivity contribution in [3.63, 3.8) is 0 Å². The van der Waals surface area contributed by atoms with Crippen LogP contribution in [-0.2, 0) is 21.2 Å². The average Bonchev–Trinajstić information content (AvgIpc) is 3.25. The van der Waals surface area contributed by atoms with E-state index in [1.165, 1.54) is 28.4 Å². The Kier molecular flexibility index (Phi) is 7.23. The molecule has 1 amide bonds. The van der Waals surface area contributed by atoms with Crippen LogP contribution in [0.1, 0.15) is 18.9 Å². The SMILES string of the molecule is CCOc1ccc2nc(N(Cc3ccccc3)C(=O)CCS(=O)(=O)c3ccc(F)cc3)sc2c1. The Morgan fingerprint density at radius 3 is 2.50 bits per heavy atom. The minimum atomic E-state index is -3.74. The summed E-state index contributed by atoms with van der Waals surface area (Å²) in [6.07, 6.45) is -0.229. The lowest BCUT2D eigenvalue weighted by Gasteiger charge is -2.20. The molecule has 0 fully saturated rings. The molecule has 34 heavy (non-hydrogen) atoms. The van der Waals surface area contributed by atoms with Crippen molar-refractivity contribution in [3.05, 3.63) is 84.2 Å². The zero-order valence-electron chi connectivity index (χ0n) is 18.5. The Labute approximate surface area is 201 Å². The number of anilines is 1. The van der Waals surface area contributed by atoms with Crippen molar-refractivity contribution in [3.8, 4) is 5.75 Å². The number of amides is 1. The molecule has 4 aromatic rings. The number of sulfone groups is 1. The number of carbonyl (C=O) groups excluding carboxylic acids is 1. The highest BCUT2D eigenvalue weighted by Gasteiger charge is 2.24. The van der Waals surface area contributed by atoms with E-state index in [2.05, 4.69) is 4.98 Å². The molecular formula is C25H23FN2O4S2. The van der Waals surface area contributed by atoms with Crippen LogP contribution in [0.4, 0.5) is 9.52 Å². The van der Waals surface area contributed by atoms with Crippen LogP contribution in [0.2, 0.25) is 0 Å². The summed E-state index contributed by atoms with van der Waals surface area (Å²) < 4.78 is 45.0. The van der Waals surface area contributed by atoms with Crippen molar-refractivity contribution in [2.45, 2.75) is 24.8 Å². The molecule has 0 atom stereocenters. The Bertz CT molecular complexity index is 1390. The third kappa shape index (κ3) is 5.60. The molecule has 3 aromatic carbocycles. The summed E-state index contributed by atoms with van der Waals surface area (Å²) in [7, 11) is -3.74. The summed E-state index contributed by atoms with van der Waals surface area (Å²) in [5, 5.41) is 0.483. The average molecular weight is 499 g/mol. The monoisotopic (exact) mass is 498 g/mol. The first-order valence-electron chi connectivity index (χ1n) is 10.7. The van der Waals surface area contributed by atoms with Crippen LogP contribution >= 0.6 is 11.3 Å². The second-order valence-corrected chi connectivity index (χ2v) is 10.7. The standard InChI is InChI=1S/C25H23FN2O4S2/c1-2-32-20-10-13-22-23(16-20)33-25(27-22)28(17-18-6-4-3-5-7-18)24(29)14-15-34(30,31)21-11-8-19(26)9-12-21/h3-13,16H,2,14-15,17H2,1H3. The highest BCUT2D eigenvalue weighted by Crippen LogP contribution is 2.33. The number of nitrogens with zero attached hydrogens (tertiary/aromatic N) is 2. The van der Waals surface area contributed by atoms with Crippen molar-refractivity contribution in [2.75, 3.05) is 17.3 Å². The van der Waals surface area contributed by atoms with Gasteiger partial charge < -0.3 is 4.74 Å². The van der Waals surface area contributed by atoms with E-state index in [4.69, 9.17) is 4.74 Å². The summed E-state index contributed by atoms with van der Waals surface area (Å²) >= 11 is 1.35. The fourth-order valence-electron chi connectivity index (χ4n) is 3.41. The van der Waals surface area contributed by atoms with E-state index in [-0.39, 0.29) is 29.5 Å². The summed E-state index contributed by atoms with van der Waals surface area (Å²) in [5.74, 6) is -0.551. The van der Waals surface area contributed by atoms with Crippen molar-refractivity contribution >= 4 is 42.4 Å². The third-order valence-electron chi connectivity index (χ3n) is 5.13. The van der Waals surface area contributed by atoms with E-state index < -0.39 is 15.7 Å². The molecule has 0 radical (unpaired) electrons. The largest absolute Gasteiger partial charge is 0.494 e. The molecule has 0 unspecified atom stereocenters. The fraction of sp³-hybridized carbons (Fsp3) is 0.200. The Hall–Kier alpha value is -3.30. The van der Waals surface area contributed by atoms with E-state index in [9.17, 15) is 17.6 Å². The van der Waals surface area contributed by atoms with Crippen LogP contribution in [0.3, 0.4) is 0 Å². The number of carbonyl (C=O) groups is 1. The summed E-state index contributed by atoms with van der Waals surface area (Å²) in [5.41, 5.74) is 1.62. The maximum absolute atomic E-state index is 13.3. The zero-order chi connectivity index (χ0) is 24.1. The summed E-state index contributed by atoms with van der Waals surface area (Å²) in [6, 6.07) is 19.6. The summed E-state index contributed by atoms with van der Waals surface area (Å²) in [6.45, 7) is 2.70. The molecule has 0 bridgehead atoms. The number of ether oxygens (including phenoxy) is 1. The van der Waals surface area contributed by atoms with Gasteiger partial charge in [0.05, 0.1) is 34.0 Å². The van der Waals surface area contributed by atoms with Gasteiger partial charge in [0.25, 0.3) is 0 Å². The normalized spacial score (nSPS) is 11.5. The maximum Gasteiger partial charge on any atom is 0.230 e. The highest BCUT2D eigenvalue weighted by atomic mass is 32.2. The lowest BCUT2D eigenvalue weighted by Crippen LogP contribution is -2.31. The van der Waals surface area contributed by atoms with Gasteiger partial charge in [0, 0.05) is 6.42 Å². The number of hydrogen-bond acceptors (Lipinski definition) is 6. The number of benzene rings is 3. The van der Waals surface area contributed by atoms with Gasteiger partial charge in [-0.1, -0.05) is 41.7 Å². The first-order chi connectivity index (χ1) is 16.4. The van der Waals surface area contributed by atoms with E-state index >= 15 is 0 Å². The Morgan fingerprint density at radius 2 is 1.79 bits per heavy atom. The molecule has 0 aliphatic carbocycles. The van der Waals surface area contributed by atoms with E-state index in [0.717, 1.165) is 33.7 Å². The topological polar surface area (TPSA) is 76.6 Å². The molecule has 0 N–H and O–H groups in total. The van der Waals surface area contributed by atoms with Crippen LogP contribution in [0.25, 0.3) is 10.2 Å². The van der Waals surface area contributed by atoms with Gasteiger partial charge in [-0.2, -0.15) is 0 Å². The van der Waals surface area contributed by atoms with E-state index in [1.807, 2.05) is 55.5 Å². The highest BCUT2D eigenvalue weighted by molar-refractivity contribution is 7.91. The Balaban J connectivity index is 1.60. The number of rotatable bonds is 9. The van der Waals surface area contributed by atoms with Crippen molar-refractivity contribution in [2.24, 2.45) is 0 Å². The van der Waals surface area contributed by atoms with Crippen molar-refractivity contribution < 1.29 is 22.3 Å². The van der Waals surface area contributed by atoms with Gasteiger partial charge >= 0.3 is 0 Å². The number of halogens is 1. The quantitative estimate of drug-likeness (QED) is 0.295. The number of fused-ring (bicyclic) bond motifs is 1. The molecule has 0 aliphatic rings. The van der Waals surface area contributed by atoms with Gasteiger partial charge in [0.2, 0.25) is 5.91 Å². The molecule has 1 aromatic heterocycles. The number of hydrogen-bond donors (Lipinski definition) is 0. The van der Waals surface area contributed by atoms with Gasteiger partial charge in [-0.15, -0.1) is 0 Å². The maximum atomic E-state index is 13.3. The predicted octanol–water partition coefficient (Wildman–Crippen LogP) is 5.23. The lowest BCUT2D eigenvalue weighted by atomic mass is 10.2. The minimum absolute atomic E-state index is 0.0141. The minimum Gasteiger partial charge on any atom is -0.494 e. The molecule has 0 spiro atoms. The van der Waals surface area contributed by atoms with Crippen LogP contribution in [0, 0.1) is 5.82 Å². The first kappa shape index (κ1) is 23.8. The number of thiazole rings is 1. The zero-order valence-corrected chi connectivity index (χ0v) is 20.1. The van der Waals surface area contributed by atoms with Crippen LogP contribution in [0.5, 0.6) is 5.75 Å². The van der Waals surface area contributed by atoms with Crippen molar-refractivity contribution in [1.29, 1.82) is 0 Å². The second kappa shape index (κ2) is 10.3. The molecule has 0 saturated heterocycles. The molecule has 176 valence electrons. The molecular weight excluding hydrogens is 475 g/mol. The first-order valence-corrected chi connectivity index (χ1v) is 13.2. The summed E-state index contributed by atoms with van der Waals surface area (Å²) in [4.78, 5) is 19.4. The Morgan fingerprint density at radius 1 is 1.06 bits per heavy atom. The fourth-order valence-corrected chi connectivity index (χ4v) is 5.65. The van der Waals surface area contributed by atoms with Gasteiger partial charge in [0.1, 0.15) is 11.6 Å². The predicted molar refractivity (Wildman–Crippen MR) is 131 cm³/mol. The third-order valence-corrected chi connectivity index (χ3v) is 7.91. The lowest BCUT2D eigenvalue weighted by molar-refractivity contribution is -0.118. The molecule has 4 rings (SSSR count). The van der Waals surface area contributed by atoms with Gasteiger partial charge in [-0.05, 0) is 55.0 Å².